The standard InChI is InChI=1S/C11H17N3O3/c1-6(15)3-8-11(17)14-5-7(12-2)4-9(14)10(16)13-8/h7-9,12H,3-5H2,1-2H3,(H,13,16)/t7?,8-,9?/m0/s1. The van der Waals surface area contributed by atoms with Crippen LogP contribution in [0.5, 0.6) is 0 Å². The van der Waals surface area contributed by atoms with E-state index in [0.29, 0.717) is 13.0 Å². The first-order valence-electron chi connectivity index (χ1n) is 5.80. The lowest BCUT2D eigenvalue weighted by molar-refractivity contribution is -0.148. The van der Waals surface area contributed by atoms with Crippen molar-refractivity contribution in [2.75, 3.05) is 13.6 Å². The maximum Gasteiger partial charge on any atom is 0.246 e. The van der Waals surface area contributed by atoms with Gasteiger partial charge in [-0.3, -0.25) is 14.4 Å². The molecular weight excluding hydrogens is 222 g/mol. The van der Waals surface area contributed by atoms with Gasteiger partial charge in [0, 0.05) is 19.0 Å². The number of nitrogens with one attached hydrogen (secondary N) is 2. The summed E-state index contributed by atoms with van der Waals surface area (Å²) in [5, 5.41) is 5.71. The summed E-state index contributed by atoms with van der Waals surface area (Å²) >= 11 is 0. The highest BCUT2D eigenvalue weighted by atomic mass is 16.2. The zero-order chi connectivity index (χ0) is 12.6. The zero-order valence-electron chi connectivity index (χ0n) is 10.0. The minimum absolute atomic E-state index is 0.0814. The van der Waals surface area contributed by atoms with Crippen LogP contribution in [0.3, 0.4) is 0 Å². The number of hydrogen-bond acceptors (Lipinski definition) is 4. The number of fused-ring (bicyclic) bond motifs is 1. The third-order valence-corrected chi connectivity index (χ3v) is 3.40. The topological polar surface area (TPSA) is 78.5 Å². The van der Waals surface area contributed by atoms with E-state index in [2.05, 4.69) is 10.6 Å². The number of amides is 2. The Kier molecular flexibility index (Phi) is 3.15. The van der Waals surface area contributed by atoms with Gasteiger partial charge in [-0.25, -0.2) is 0 Å². The van der Waals surface area contributed by atoms with Crippen LogP contribution in [-0.4, -0.2) is 54.2 Å². The van der Waals surface area contributed by atoms with E-state index in [0.717, 1.165) is 0 Å². The van der Waals surface area contributed by atoms with Gasteiger partial charge < -0.3 is 15.5 Å². The molecule has 2 N–H and O–H groups in total. The van der Waals surface area contributed by atoms with E-state index in [1.165, 1.54) is 6.92 Å². The van der Waals surface area contributed by atoms with Crippen LogP contribution in [0, 0.1) is 0 Å². The fraction of sp³-hybridized carbons (Fsp3) is 0.727. The van der Waals surface area contributed by atoms with Gasteiger partial charge >= 0.3 is 0 Å². The number of likely N-dealkylation sites (N-methyl/N-ethyl adjacent to an activating group) is 1. The number of carbonyl (C=O) groups is 3. The van der Waals surface area contributed by atoms with E-state index in [1.807, 2.05) is 7.05 Å². The molecule has 2 rings (SSSR count). The number of piperazine rings is 1. The molecule has 2 fully saturated rings. The van der Waals surface area contributed by atoms with Crippen LogP contribution < -0.4 is 10.6 Å². The van der Waals surface area contributed by atoms with Crippen LogP contribution in [0.2, 0.25) is 0 Å². The smallest absolute Gasteiger partial charge is 0.246 e. The molecule has 6 heteroatoms. The SMILES string of the molecule is CNC1CC2C(=O)N[C@@H](CC(C)=O)C(=O)N2C1. The molecule has 0 saturated carbocycles. The molecule has 3 atom stereocenters. The molecule has 0 radical (unpaired) electrons. The number of ketones is 1. The highest BCUT2D eigenvalue weighted by Gasteiger charge is 2.46. The molecule has 94 valence electrons. The monoisotopic (exact) mass is 239 g/mol. The minimum atomic E-state index is -0.674. The molecule has 2 heterocycles. The molecular formula is C11H17N3O3. The number of rotatable bonds is 3. The summed E-state index contributed by atoms with van der Waals surface area (Å²) in [6, 6.07) is -0.888. The maximum absolute atomic E-state index is 12.1. The highest BCUT2D eigenvalue weighted by molar-refractivity contribution is 5.99. The summed E-state index contributed by atoms with van der Waals surface area (Å²) in [7, 11) is 1.82. The summed E-state index contributed by atoms with van der Waals surface area (Å²) in [4.78, 5) is 36.5. The molecule has 2 amide bonds. The fourth-order valence-electron chi connectivity index (χ4n) is 2.49. The Morgan fingerprint density at radius 3 is 2.82 bits per heavy atom. The van der Waals surface area contributed by atoms with E-state index >= 15 is 0 Å². The van der Waals surface area contributed by atoms with E-state index in [-0.39, 0.29) is 36.1 Å². The molecule has 0 aromatic rings. The van der Waals surface area contributed by atoms with Crippen molar-refractivity contribution in [2.24, 2.45) is 0 Å². The van der Waals surface area contributed by atoms with Gasteiger partial charge in [-0.2, -0.15) is 0 Å². The molecule has 17 heavy (non-hydrogen) atoms. The van der Waals surface area contributed by atoms with E-state index < -0.39 is 6.04 Å². The van der Waals surface area contributed by atoms with E-state index in [9.17, 15) is 14.4 Å². The summed E-state index contributed by atoms with van der Waals surface area (Å²) < 4.78 is 0. The quantitative estimate of drug-likeness (QED) is 0.638. The van der Waals surface area contributed by atoms with Crippen molar-refractivity contribution >= 4 is 17.6 Å². The average molecular weight is 239 g/mol. The fourth-order valence-corrected chi connectivity index (χ4v) is 2.49. The molecule has 6 nitrogen and oxygen atoms in total. The second kappa shape index (κ2) is 4.44. The molecule has 0 aliphatic carbocycles. The number of carbonyl (C=O) groups excluding carboxylic acids is 3. The van der Waals surface area contributed by atoms with Crippen molar-refractivity contribution in [3.8, 4) is 0 Å². The molecule has 2 saturated heterocycles. The van der Waals surface area contributed by atoms with Crippen molar-refractivity contribution in [2.45, 2.75) is 37.9 Å². The lowest BCUT2D eigenvalue weighted by Gasteiger charge is -2.34. The van der Waals surface area contributed by atoms with E-state index in [4.69, 9.17) is 0 Å². The first kappa shape index (κ1) is 12.0. The van der Waals surface area contributed by atoms with Crippen molar-refractivity contribution in [1.29, 1.82) is 0 Å². The predicted molar refractivity (Wildman–Crippen MR) is 60.2 cm³/mol. The van der Waals surface area contributed by atoms with Crippen LogP contribution in [-0.2, 0) is 14.4 Å². The third kappa shape index (κ3) is 2.17. The van der Waals surface area contributed by atoms with Gasteiger partial charge in [-0.1, -0.05) is 0 Å². The molecule has 2 aliphatic heterocycles. The first-order chi connectivity index (χ1) is 8.02. The number of Topliss-reactive ketones (excluding diaryl/α,β-unsaturated/α-hetero) is 1. The molecule has 0 aromatic carbocycles. The average Bonchev–Trinajstić information content (AvgIpc) is 2.69. The lowest BCUT2D eigenvalue weighted by Crippen LogP contribution is -2.61. The third-order valence-electron chi connectivity index (χ3n) is 3.40. The Morgan fingerprint density at radius 1 is 1.53 bits per heavy atom. The predicted octanol–water partition coefficient (Wildman–Crippen LogP) is -1.35. The van der Waals surface area contributed by atoms with Gasteiger partial charge in [0.1, 0.15) is 17.9 Å². The van der Waals surface area contributed by atoms with Gasteiger partial charge in [0.2, 0.25) is 11.8 Å². The van der Waals surface area contributed by atoms with Crippen molar-refractivity contribution < 1.29 is 14.4 Å². The summed E-state index contributed by atoms with van der Waals surface area (Å²) in [5.41, 5.74) is 0. The second-order valence-electron chi connectivity index (χ2n) is 4.70. The molecule has 0 bridgehead atoms. The van der Waals surface area contributed by atoms with Gasteiger partial charge in [-0.15, -0.1) is 0 Å². The number of hydrogen-bond donors (Lipinski definition) is 2. The van der Waals surface area contributed by atoms with E-state index in [1.54, 1.807) is 4.90 Å². The van der Waals surface area contributed by atoms with Gasteiger partial charge in [0.15, 0.2) is 0 Å². The summed E-state index contributed by atoms with van der Waals surface area (Å²) in [5.74, 6) is -0.373. The van der Waals surface area contributed by atoms with Crippen LogP contribution in [0.4, 0.5) is 0 Å². The second-order valence-corrected chi connectivity index (χ2v) is 4.70. The van der Waals surface area contributed by atoms with Crippen LogP contribution >= 0.6 is 0 Å². The van der Waals surface area contributed by atoms with Crippen molar-refractivity contribution in [1.82, 2.24) is 15.5 Å². The Bertz CT molecular complexity index is 369. The Balaban J connectivity index is 2.12. The zero-order valence-corrected chi connectivity index (χ0v) is 10.0. The maximum atomic E-state index is 12.1. The largest absolute Gasteiger partial charge is 0.342 e. The summed E-state index contributed by atoms with van der Waals surface area (Å²) in [6.07, 6.45) is 0.721. The van der Waals surface area contributed by atoms with Crippen molar-refractivity contribution in [3.63, 3.8) is 0 Å². The molecule has 0 aromatic heterocycles. The first-order valence-corrected chi connectivity index (χ1v) is 5.80. The van der Waals surface area contributed by atoms with Gasteiger partial charge in [0.25, 0.3) is 0 Å². The normalized spacial score (nSPS) is 32.4. The van der Waals surface area contributed by atoms with Crippen LogP contribution in [0.1, 0.15) is 19.8 Å². The number of nitrogens with zero attached hydrogens (tertiary/aromatic N) is 1. The van der Waals surface area contributed by atoms with Crippen molar-refractivity contribution in [3.05, 3.63) is 0 Å². The Morgan fingerprint density at radius 2 is 2.24 bits per heavy atom. The molecule has 0 spiro atoms. The van der Waals surface area contributed by atoms with Crippen LogP contribution in [0.25, 0.3) is 0 Å². The molecule has 2 aliphatic rings. The Hall–Kier alpha value is -1.43. The lowest BCUT2D eigenvalue weighted by atomic mass is 10.0. The van der Waals surface area contributed by atoms with Gasteiger partial charge in [-0.05, 0) is 20.4 Å². The van der Waals surface area contributed by atoms with Crippen LogP contribution in [0.15, 0.2) is 0 Å². The minimum Gasteiger partial charge on any atom is -0.342 e. The molecule has 2 unspecified atom stereocenters. The Labute approximate surface area is 99.7 Å². The summed E-state index contributed by atoms with van der Waals surface area (Å²) in [6.45, 7) is 1.97. The highest BCUT2D eigenvalue weighted by Crippen LogP contribution is 2.23. The van der Waals surface area contributed by atoms with Gasteiger partial charge in [0.05, 0.1) is 0 Å².